The summed E-state index contributed by atoms with van der Waals surface area (Å²) < 4.78 is 81.9. The lowest BCUT2D eigenvalue weighted by Crippen LogP contribution is -2.27. The number of carbonyl (C=O) groups excluding carboxylic acids is 1. The molecule has 0 spiro atoms. The average molecular weight is 419 g/mol. The van der Waals surface area contributed by atoms with E-state index in [0.717, 1.165) is 18.2 Å². The van der Waals surface area contributed by atoms with E-state index in [1.165, 1.54) is 6.07 Å². The quantitative estimate of drug-likeness (QED) is 0.764. The molecule has 1 atom stereocenters. The Morgan fingerprint density at radius 3 is 2.28 bits per heavy atom. The van der Waals surface area contributed by atoms with Crippen molar-refractivity contribution >= 4 is 11.6 Å². The third kappa shape index (κ3) is 4.72. The van der Waals surface area contributed by atoms with Crippen LogP contribution in [-0.2, 0) is 12.4 Å². The second-order valence-corrected chi connectivity index (χ2v) is 6.45. The van der Waals surface area contributed by atoms with Gasteiger partial charge in [-0.3, -0.25) is 4.79 Å². The topological polar surface area (TPSA) is 68.5 Å². The van der Waals surface area contributed by atoms with Crippen molar-refractivity contribution in [3.05, 3.63) is 53.2 Å². The van der Waals surface area contributed by atoms with Crippen LogP contribution in [0.2, 0.25) is 0 Å². The molecule has 5 nitrogen and oxygen atoms in total. The van der Waals surface area contributed by atoms with Crippen LogP contribution in [0.5, 0.6) is 5.88 Å². The molecule has 1 aliphatic rings. The summed E-state index contributed by atoms with van der Waals surface area (Å²) in [7, 11) is 0. The Kier molecular flexibility index (Phi) is 5.33. The van der Waals surface area contributed by atoms with Gasteiger partial charge in [-0.2, -0.15) is 26.3 Å². The van der Waals surface area contributed by atoms with Crippen LogP contribution < -0.4 is 15.4 Å². The number of benzene rings is 1. The summed E-state index contributed by atoms with van der Waals surface area (Å²) in [5.41, 5.74) is 3.30. The molecule has 2 heterocycles. The zero-order chi connectivity index (χ0) is 21.4. The van der Waals surface area contributed by atoms with Crippen molar-refractivity contribution in [1.82, 2.24) is 4.98 Å². The number of hydrogen-bond donors (Lipinski definition) is 1. The van der Waals surface area contributed by atoms with Crippen LogP contribution >= 0.6 is 0 Å². The van der Waals surface area contributed by atoms with E-state index in [0.29, 0.717) is 25.2 Å². The molecule has 0 unspecified atom stereocenters. The number of rotatable bonds is 4. The van der Waals surface area contributed by atoms with E-state index in [4.69, 9.17) is 10.5 Å². The Bertz CT molecular complexity index is 896. The molecular weight excluding hydrogens is 404 g/mol. The molecule has 1 aromatic heterocycles. The van der Waals surface area contributed by atoms with Gasteiger partial charge in [0.1, 0.15) is 6.10 Å². The molecule has 2 N–H and O–H groups in total. The molecule has 1 fully saturated rings. The lowest BCUT2D eigenvalue weighted by Gasteiger charge is -2.22. The molecule has 1 saturated heterocycles. The van der Waals surface area contributed by atoms with Crippen molar-refractivity contribution < 1.29 is 35.9 Å². The van der Waals surface area contributed by atoms with Crippen LogP contribution in [0.3, 0.4) is 0 Å². The molecule has 0 aliphatic carbocycles. The van der Waals surface area contributed by atoms with E-state index in [9.17, 15) is 31.1 Å². The molecule has 1 aromatic carbocycles. The zero-order valence-corrected chi connectivity index (χ0v) is 14.7. The van der Waals surface area contributed by atoms with Crippen molar-refractivity contribution in [3.63, 3.8) is 0 Å². The van der Waals surface area contributed by atoms with Gasteiger partial charge in [0.05, 0.1) is 23.2 Å². The summed E-state index contributed by atoms with van der Waals surface area (Å²) in [4.78, 5) is 16.9. The third-order valence-electron chi connectivity index (χ3n) is 4.43. The van der Waals surface area contributed by atoms with Crippen LogP contribution in [0.1, 0.15) is 27.9 Å². The van der Waals surface area contributed by atoms with Crippen molar-refractivity contribution in [1.29, 1.82) is 0 Å². The molecule has 1 amide bonds. The number of hydrogen-bond acceptors (Lipinski definition) is 4. The predicted molar refractivity (Wildman–Crippen MR) is 90.4 cm³/mol. The predicted octanol–water partition coefficient (Wildman–Crippen LogP) is 3.88. The number of carbonyl (C=O) groups is 1. The van der Waals surface area contributed by atoms with Crippen molar-refractivity contribution in [3.8, 4) is 5.88 Å². The van der Waals surface area contributed by atoms with Crippen LogP contribution in [0.25, 0.3) is 0 Å². The van der Waals surface area contributed by atoms with E-state index in [2.05, 4.69) is 4.98 Å². The number of aromatic nitrogens is 1. The number of anilines is 1. The highest BCUT2D eigenvalue weighted by molar-refractivity contribution is 5.99. The van der Waals surface area contributed by atoms with Crippen LogP contribution in [0, 0.1) is 0 Å². The molecule has 0 radical (unpaired) electrons. The first kappa shape index (κ1) is 20.7. The standard InChI is InChI=1S/C18H15F6N3O2/c19-17(20,21)10-1-3-14(13(7-10)16(25)28)27-6-5-12(9-27)29-15-4-2-11(8-26-15)18(22,23)24/h1-4,7-8,12H,5-6,9H2,(H2,25,28)/t12-/m1/s1. The van der Waals surface area contributed by atoms with Gasteiger partial charge in [-0.15, -0.1) is 0 Å². The smallest absolute Gasteiger partial charge is 0.417 e. The summed E-state index contributed by atoms with van der Waals surface area (Å²) in [5.74, 6) is -1.01. The number of alkyl halides is 6. The Morgan fingerprint density at radius 2 is 1.72 bits per heavy atom. The highest BCUT2D eigenvalue weighted by atomic mass is 19.4. The number of pyridine rings is 1. The van der Waals surface area contributed by atoms with Gasteiger partial charge in [-0.1, -0.05) is 0 Å². The first-order valence-corrected chi connectivity index (χ1v) is 8.41. The summed E-state index contributed by atoms with van der Waals surface area (Å²) in [6.45, 7) is 0.561. The molecule has 2 aromatic rings. The van der Waals surface area contributed by atoms with Crippen molar-refractivity contribution in [2.75, 3.05) is 18.0 Å². The van der Waals surface area contributed by atoms with Gasteiger partial charge < -0.3 is 15.4 Å². The highest BCUT2D eigenvalue weighted by Gasteiger charge is 2.34. The Morgan fingerprint density at radius 1 is 1.07 bits per heavy atom. The number of halogens is 6. The van der Waals surface area contributed by atoms with Crippen molar-refractivity contribution in [2.24, 2.45) is 5.73 Å². The Hall–Kier alpha value is -2.98. The van der Waals surface area contributed by atoms with E-state index in [1.54, 1.807) is 4.90 Å². The van der Waals surface area contributed by atoms with Gasteiger partial charge in [0, 0.05) is 30.9 Å². The minimum absolute atomic E-state index is 0.00704. The first-order chi connectivity index (χ1) is 13.4. The van der Waals surface area contributed by atoms with E-state index in [1.807, 2.05) is 0 Å². The monoisotopic (exact) mass is 419 g/mol. The molecule has 156 valence electrons. The number of nitrogens with zero attached hydrogens (tertiary/aromatic N) is 2. The van der Waals surface area contributed by atoms with Crippen LogP contribution in [0.4, 0.5) is 32.0 Å². The molecule has 3 rings (SSSR count). The van der Waals surface area contributed by atoms with E-state index >= 15 is 0 Å². The summed E-state index contributed by atoms with van der Waals surface area (Å²) in [6, 6.07) is 4.66. The number of ether oxygens (including phenoxy) is 1. The Labute approximate surface area is 161 Å². The molecule has 1 aliphatic heterocycles. The minimum atomic E-state index is -4.62. The summed E-state index contributed by atoms with van der Waals surface area (Å²) in [5, 5.41) is 0. The number of nitrogens with two attached hydrogens (primary N) is 1. The Balaban J connectivity index is 1.73. The molecule has 0 saturated carbocycles. The zero-order valence-electron chi connectivity index (χ0n) is 14.7. The maximum absolute atomic E-state index is 12.9. The van der Waals surface area contributed by atoms with Gasteiger partial charge in [-0.25, -0.2) is 4.98 Å². The maximum atomic E-state index is 12.9. The lowest BCUT2D eigenvalue weighted by atomic mass is 10.1. The fourth-order valence-corrected chi connectivity index (χ4v) is 3.02. The fourth-order valence-electron chi connectivity index (χ4n) is 3.02. The summed E-state index contributed by atoms with van der Waals surface area (Å²) >= 11 is 0. The average Bonchev–Trinajstić information content (AvgIpc) is 3.08. The number of primary amides is 1. The minimum Gasteiger partial charge on any atom is -0.472 e. The lowest BCUT2D eigenvalue weighted by molar-refractivity contribution is -0.138. The highest BCUT2D eigenvalue weighted by Crippen LogP contribution is 2.34. The SMILES string of the molecule is NC(=O)c1cc(C(F)(F)F)ccc1N1CC[C@@H](Oc2ccc(C(F)(F)F)cn2)C1. The van der Waals surface area contributed by atoms with Crippen molar-refractivity contribution in [2.45, 2.75) is 24.9 Å². The van der Waals surface area contributed by atoms with Crippen LogP contribution in [-0.4, -0.2) is 30.1 Å². The van der Waals surface area contributed by atoms with Gasteiger partial charge >= 0.3 is 12.4 Å². The first-order valence-electron chi connectivity index (χ1n) is 8.41. The number of amides is 1. The van der Waals surface area contributed by atoms with Gasteiger partial charge in [-0.05, 0) is 24.3 Å². The largest absolute Gasteiger partial charge is 0.472 e. The normalized spacial score (nSPS) is 17.4. The van der Waals surface area contributed by atoms with Crippen LogP contribution in [0.15, 0.2) is 36.5 Å². The van der Waals surface area contributed by atoms with E-state index in [-0.39, 0.29) is 23.7 Å². The van der Waals surface area contributed by atoms with Gasteiger partial charge in [0.25, 0.3) is 5.91 Å². The molecule has 0 bridgehead atoms. The third-order valence-corrected chi connectivity index (χ3v) is 4.43. The summed E-state index contributed by atoms with van der Waals surface area (Å²) in [6.07, 6.45) is -8.51. The second-order valence-electron chi connectivity index (χ2n) is 6.45. The van der Waals surface area contributed by atoms with Gasteiger partial charge in [0.15, 0.2) is 0 Å². The van der Waals surface area contributed by atoms with E-state index < -0.39 is 35.5 Å². The maximum Gasteiger partial charge on any atom is 0.417 e. The molecule has 29 heavy (non-hydrogen) atoms. The molecule has 11 heteroatoms. The fraction of sp³-hybridized carbons (Fsp3) is 0.333. The molecular formula is C18H15F6N3O2. The van der Waals surface area contributed by atoms with Gasteiger partial charge in [0.2, 0.25) is 5.88 Å². The second kappa shape index (κ2) is 7.45.